The molecule has 0 aromatic rings. The molecule has 0 aromatic heterocycles. The molecule has 1 fully saturated rings. The Bertz CT molecular complexity index is 178. The van der Waals surface area contributed by atoms with Gasteiger partial charge in [0.05, 0.1) is 5.92 Å². The van der Waals surface area contributed by atoms with E-state index in [9.17, 15) is 9.59 Å². The van der Waals surface area contributed by atoms with E-state index < -0.39 is 12.0 Å². The first-order valence-corrected chi connectivity index (χ1v) is 3.12. The number of amides is 1. The van der Waals surface area contributed by atoms with Crippen LogP contribution < -0.4 is 5.48 Å². The molecule has 1 heterocycles. The molecule has 2 unspecified atom stereocenters. The van der Waals surface area contributed by atoms with Crippen LogP contribution in [0, 0.1) is 5.92 Å². The van der Waals surface area contributed by atoms with Gasteiger partial charge in [-0.1, -0.05) is 0 Å². The highest BCUT2D eigenvalue weighted by Gasteiger charge is 2.31. The molecule has 1 saturated heterocycles. The fourth-order valence-corrected chi connectivity index (χ4v) is 0.774. The van der Waals surface area contributed by atoms with E-state index in [4.69, 9.17) is 0 Å². The standard InChI is InChI=1S/C6H9NO3/c1-3-5(8)4(2)10-7-6(3)9/h3-4H,1-2H3,(H,7,9). The number of nitrogens with one attached hydrogen (secondary N) is 1. The summed E-state index contributed by atoms with van der Waals surface area (Å²) in [6.45, 7) is 3.18. The van der Waals surface area contributed by atoms with Gasteiger partial charge in [-0.25, -0.2) is 5.48 Å². The minimum absolute atomic E-state index is 0.163. The predicted octanol–water partition coefficient (Wildman–Crippen LogP) is -0.359. The second-order valence-corrected chi connectivity index (χ2v) is 2.35. The van der Waals surface area contributed by atoms with Crippen molar-refractivity contribution in [1.82, 2.24) is 5.48 Å². The molecule has 10 heavy (non-hydrogen) atoms. The molecule has 1 aliphatic rings. The van der Waals surface area contributed by atoms with E-state index in [1.807, 2.05) is 0 Å². The number of carbonyl (C=O) groups is 2. The zero-order valence-corrected chi connectivity index (χ0v) is 5.88. The molecule has 1 N–H and O–H groups in total. The van der Waals surface area contributed by atoms with Crippen LogP contribution in [0.2, 0.25) is 0 Å². The molecule has 0 radical (unpaired) electrons. The van der Waals surface area contributed by atoms with Gasteiger partial charge in [0, 0.05) is 0 Å². The summed E-state index contributed by atoms with van der Waals surface area (Å²) in [6, 6.07) is 0. The lowest BCUT2D eigenvalue weighted by molar-refractivity contribution is -0.163. The number of ketones is 1. The quantitative estimate of drug-likeness (QED) is 0.471. The van der Waals surface area contributed by atoms with E-state index in [0.29, 0.717) is 0 Å². The van der Waals surface area contributed by atoms with Crippen LogP contribution >= 0.6 is 0 Å². The largest absolute Gasteiger partial charge is 0.296 e. The fraction of sp³-hybridized carbons (Fsp3) is 0.667. The van der Waals surface area contributed by atoms with E-state index in [2.05, 4.69) is 10.3 Å². The van der Waals surface area contributed by atoms with Crippen LogP contribution in [-0.2, 0) is 14.4 Å². The van der Waals surface area contributed by atoms with E-state index in [1.165, 1.54) is 0 Å². The SMILES string of the molecule is CC1ONC(=O)C(C)C1=O. The van der Waals surface area contributed by atoms with Crippen molar-refractivity contribution in [3.63, 3.8) is 0 Å². The number of hydrogen-bond donors (Lipinski definition) is 1. The minimum atomic E-state index is -0.566. The molecule has 2 atom stereocenters. The Hall–Kier alpha value is -0.900. The maximum Gasteiger partial charge on any atom is 0.253 e. The highest BCUT2D eigenvalue weighted by molar-refractivity contribution is 6.03. The van der Waals surface area contributed by atoms with Crippen LogP contribution in [-0.4, -0.2) is 17.8 Å². The number of hydroxylamine groups is 1. The molecule has 1 amide bonds. The highest BCUT2D eigenvalue weighted by Crippen LogP contribution is 2.08. The third kappa shape index (κ3) is 1.02. The molecular weight excluding hydrogens is 134 g/mol. The van der Waals surface area contributed by atoms with Gasteiger partial charge in [-0.15, -0.1) is 0 Å². The zero-order valence-electron chi connectivity index (χ0n) is 5.88. The van der Waals surface area contributed by atoms with Gasteiger partial charge < -0.3 is 0 Å². The van der Waals surface area contributed by atoms with Crippen LogP contribution in [0.15, 0.2) is 0 Å². The molecule has 0 bridgehead atoms. The van der Waals surface area contributed by atoms with E-state index in [1.54, 1.807) is 13.8 Å². The number of rotatable bonds is 0. The molecule has 4 nitrogen and oxygen atoms in total. The first-order chi connectivity index (χ1) is 4.63. The molecular formula is C6H9NO3. The fourth-order valence-electron chi connectivity index (χ4n) is 0.774. The normalized spacial score (nSPS) is 33.8. The molecule has 0 aromatic carbocycles. The van der Waals surface area contributed by atoms with Gasteiger partial charge in [0.1, 0.15) is 6.10 Å². The van der Waals surface area contributed by atoms with Crippen molar-refractivity contribution >= 4 is 11.7 Å². The summed E-state index contributed by atoms with van der Waals surface area (Å²) in [6.07, 6.45) is -0.507. The van der Waals surface area contributed by atoms with Crippen molar-refractivity contribution in [3.8, 4) is 0 Å². The van der Waals surface area contributed by atoms with Crippen LogP contribution in [0.3, 0.4) is 0 Å². The van der Waals surface area contributed by atoms with Crippen molar-refractivity contribution < 1.29 is 14.4 Å². The van der Waals surface area contributed by atoms with Gasteiger partial charge in [-0.05, 0) is 13.8 Å². The van der Waals surface area contributed by atoms with Crippen molar-refractivity contribution in [2.75, 3.05) is 0 Å². The Morgan fingerprint density at radius 3 is 2.50 bits per heavy atom. The Balaban J connectivity index is 2.70. The number of carbonyl (C=O) groups excluding carboxylic acids is 2. The first kappa shape index (κ1) is 7.21. The lowest BCUT2D eigenvalue weighted by Gasteiger charge is -2.21. The van der Waals surface area contributed by atoms with Gasteiger partial charge in [0.25, 0.3) is 5.91 Å². The third-order valence-electron chi connectivity index (χ3n) is 1.56. The van der Waals surface area contributed by atoms with Crippen molar-refractivity contribution in [2.24, 2.45) is 5.92 Å². The number of Topliss-reactive ketones (excluding diaryl/α,β-unsaturated/α-hetero) is 1. The molecule has 0 spiro atoms. The van der Waals surface area contributed by atoms with Crippen LogP contribution in [0.5, 0.6) is 0 Å². The zero-order chi connectivity index (χ0) is 7.72. The van der Waals surface area contributed by atoms with E-state index in [-0.39, 0.29) is 11.7 Å². The van der Waals surface area contributed by atoms with E-state index in [0.717, 1.165) is 0 Å². The van der Waals surface area contributed by atoms with Crippen molar-refractivity contribution in [3.05, 3.63) is 0 Å². The lowest BCUT2D eigenvalue weighted by atomic mass is 10.0. The Morgan fingerprint density at radius 2 is 2.00 bits per heavy atom. The van der Waals surface area contributed by atoms with Crippen LogP contribution in [0.4, 0.5) is 0 Å². The summed E-state index contributed by atoms with van der Waals surface area (Å²) in [5.74, 6) is -1.09. The molecule has 1 rings (SSSR count). The minimum Gasteiger partial charge on any atom is -0.296 e. The Kier molecular flexibility index (Phi) is 1.72. The predicted molar refractivity (Wildman–Crippen MR) is 32.9 cm³/mol. The van der Waals surface area contributed by atoms with Gasteiger partial charge >= 0.3 is 0 Å². The number of hydrogen-bond acceptors (Lipinski definition) is 3. The average Bonchev–Trinajstić information content (AvgIpc) is 1.93. The molecule has 1 aliphatic heterocycles. The Morgan fingerprint density at radius 1 is 1.40 bits per heavy atom. The van der Waals surface area contributed by atoms with Crippen LogP contribution in [0.25, 0.3) is 0 Å². The van der Waals surface area contributed by atoms with E-state index >= 15 is 0 Å². The maximum atomic E-state index is 10.9. The van der Waals surface area contributed by atoms with Crippen LogP contribution in [0.1, 0.15) is 13.8 Å². The summed E-state index contributed by atoms with van der Waals surface area (Å²) in [5.41, 5.74) is 2.15. The summed E-state index contributed by atoms with van der Waals surface area (Å²) in [5, 5.41) is 0. The lowest BCUT2D eigenvalue weighted by Crippen LogP contribution is -2.47. The monoisotopic (exact) mass is 143 g/mol. The van der Waals surface area contributed by atoms with Crippen molar-refractivity contribution in [1.29, 1.82) is 0 Å². The summed E-state index contributed by atoms with van der Waals surface area (Å²) >= 11 is 0. The first-order valence-electron chi connectivity index (χ1n) is 3.12. The summed E-state index contributed by atoms with van der Waals surface area (Å²) in [7, 11) is 0. The Labute approximate surface area is 58.5 Å². The second kappa shape index (κ2) is 2.38. The van der Waals surface area contributed by atoms with Gasteiger partial charge in [0.2, 0.25) is 0 Å². The maximum absolute atomic E-state index is 10.9. The topological polar surface area (TPSA) is 55.4 Å². The summed E-state index contributed by atoms with van der Waals surface area (Å²) in [4.78, 5) is 26.3. The molecule has 0 saturated carbocycles. The highest BCUT2D eigenvalue weighted by atomic mass is 16.7. The molecule has 4 heteroatoms. The van der Waals surface area contributed by atoms with Gasteiger partial charge in [0.15, 0.2) is 5.78 Å². The van der Waals surface area contributed by atoms with Crippen molar-refractivity contribution in [2.45, 2.75) is 20.0 Å². The molecule has 56 valence electrons. The second-order valence-electron chi connectivity index (χ2n) is 2.35. The smallest absolute Gasteiger partial charge is 0.253 e. The van der Waals surface area contributed by atoms with Gasteiger partial charge in [-0.3, -0.25) is 14.4 Å². The van der Waals surface area contributed by atoms with Gasteiger partial charge in [-0.2, -0.15) is 0 Å². The molecule has 0 aliphatic carbocycles. The summed E-state index contributed by atoms with van der Waals surface area (Å²) < 4.78 is 0. The average molecular weight is 143 g/mol. The third-order valence-corrected chi connectivity index (χ3v) is 1.56.